The number of anilines is 1. The molecule has 1 N–H and O–H groups in total. The zero-order chi connectivity index (χ0) is 20.8. The van der Waals surface area contributed by atoms with Crippen molar-refractivity contribution in [3.63, 3.8) is 0 Å². The molecule has 1 saturated heterocycles. The van der Waals surface area contributed by atoms with E-state index in [2.05, 4.69) is 9.71 Å². The van der Waals surface area contributed by atoms with Crippen molar-refractivity contribution in [2.75, 3.05) is 17.9 Å². The molecule has 2 fully saturated rings. The molecule has 1 saturated carbocycles. The van der Waals surface area contributed by atoms with E-state index >= 15 is 0 Å². The Bertz CT molecular complexity index is 1030. The molecule has 1 aliphatic carbocycles. The number of hydrogen-bond donors (Lipinski definition) is 1. The molecule has 6 nitrogen and oxygen atoms in total. The number of sulfonamides is 1. The minimum atomic E-state index is -3.53. The maximum atomic E-state index is 14.3. The molecule has 0 radical (unpaired) electrons. The van der Waals surface area contributed by atoms with Crippen molar-refractivity contribution in [1.29, 1.82) is 0 Å². The van der Waals surface area contributed by atoms with Gasteiger partial charge in [0, 0.05) is 35.9 Å². The number of nitrogens with one attached hydrogen (secondary N) is 1. The van der Waals surface area contributed by atoms with Gasteiger partial charge in [0.2, 0.25) is 10.0 Å². The van der Waals surface area contributed by atoms with Crippen LogP contribution < -0.4 is 10.2 Å². The van der Waals surface area contributed by atoms with E-state index in [4.69, 9.17) is 9.31 Å². The lowest BCUT2D eigenvalue weighted by Crippen LogP contribution is -2.47. The fourth-order valence-corrected chi connectivity index (χ4v) is 4.49. The summed E-state index contributed by atoms with van der Waals surface area (Å²) in [7, 11) is -4.25. The summed E-state index contributed by atoms with van der Waals surface area (Å²) in [6.45, 7) is 4.92. The fourth-order valence-electron chi connectivity index (χ4n) is 3.12. The van der Waals surface area contributed by atoms with Gasteiger partial charge in [-0.2, -0.15) is 0 Å². The second kappa shape index (κ2) is 7.34. The topological polar surface area (TPSA) is 77.5 Å². The molecular weight excluding hydrogens is 401 g/mol. The summed E-state index contributed by atoms with van der Waals surface area (Å²) < 4.78 is 66.5. The second-order valence-electron chi connectivity index (χ2n) is 8.29. The van der Waals surface area contributed by atoms with Crippen molar-refractivity contribution in [1.82, 2.24) is 4.98 Å². The lowest BCUT2D eigenvalue weighted by Gasteiger charge is -2.33. The van der Waals surface area contributed by atoms with Crippen molar-refractivity contribution >= 4 is 28.3 Å². The van der Waals surface area contributed by atoms with Gasteiger partial charge in [-0.1, -0.05) is 19.9 Å². The van der Waals surface area contributed by atoms with E-state index in [1.807, 2.05) is 13.8 Å². The first kappa shape index (κ1) is 20.2. The van der Waals surface area contributed by atoms with Crippen molar-refractivity contribution in [2.45, 2.75) is 31.9 Å². The first-order chi connectivity index (χ1) is 13.6. The van der Waals surface area contributed by atoms with Gasteiger partial charge >= 0.3 is 7.12 Å². The largest absolute Gasteiger partial charge is 0.493 e. The van der Waals surface area contributed by atoms with E-state index < -0.39 is 34.0 Å². The summed E-state index contributed by atoms with van der Waals surface area (Å²) in [5.74, 6) is -1.64. The summed E-state index contributed by atoms with van der Waals surface area (Å²) in [6.07, 6.45) is 2.13. The Labute approximate surface area is 168 Å². The van der Waals surface area contributed by atoms with Gasteiger partial charge in [-0.15, -0.1) is 0 Å². The highest BCUT2D eigenvalue weighted by Gasteiger charge is 2.37. The van der Waals surface area contributed by atoms with Crippen molar-refractivity contribution in [3.8, 4) is 11.3 Å². The SMILES string of the molecule is CC1(C)COB(c2cc(NS(=O)(=O)C3CC3)cc(-c3ncc(F)cc3F)c2)OC1. The first-order valence-electron chi connectivity index (χ1n) is 9.34. The van der Waals surface area contributed by atoms with Crippen LogP contribution in [0.1, 0.15) is 26.7 Å². The third kappa shape index (κ3) is 4.60. The van der Waals surface area contributed by atoms with Gasteiger partial charge in [0.1, 0.15) is 11.5 Å². The summed E-state index contributed by atoms with van der Waals surface area (Å²) in [4.78, 5) is 3.83. The third-order valence-corrected chi connectivity index (χ3v) is 6.65. The summed E-state index contributed by atoms with van der Waals surface area (Å²) >= 11 is 0. The molecule has 154 valence electrons. The molecule has 2 heterocycles. The van der Waals surface area contributed by atoms with E-state index in [9.17, 15) is 17.2 Å². The lowest BCUT2D eigenvalue weighted by molar-refractivity contribution is 0.0343. The number of halogens is 2. The minimum Gasteiger partial charge on any atom is -0.407 e. The Kier molecular flexibility index (Phi) is 5.12. The van der Waals surface area contributed by atoms with Crippen molar-refractivity contribution < 1.29 is 26.5 Å². The van der Waals surface area contributed by atoms with E-state index in [-0.39, 0.29) is 16.8 Å². The Morgan fingerprint density at radius 1 is 1.14 bits per heavy atom. The molecule has 2 aliphatic rings. The van der Waals surface area contributed by atoms with Gasteiger partial charge in [0.25, 0.3) is 0 Å². The highest BCUT2D eigenvalue weighted by atomic mass is 32.2. The van der Waals surface area contributed by atoms with Crippen LogP contribution >= 0.6 is 0 Å². The van der Waals surface area contributed by atoms with Crippen LogP contribution in [-0.4, -0.2) is 39.0 Å². The Balaban J connectivity index is 1.73. The lowest BCUT2D eigenvalue weighted by atomic mass is 9.75. The maximum Gasteiger partial charge on any atom is 0.493 e. The zero-order valence-corrected chi connectivity index (χ0v) is 16.9. The van der Waals surface area contributed by atoms with Crippen LogP contribution in [0.3, 0.4) is 0 Å². The molecule has 0 atom stereocenters. The number of rotatable bonds is 5. The van der Waals surface area contributed by atoms with Crippen LogP contribution in [0.25, 0.3) is 11.3 Å². The predicted molar refractivity (Wildman–Crippen MR) is 106 cm³/mol. The van der Waals surface area contributed by atoms with Crippen LogP contribution in [0.15, 0.2) is 30.5 Å². The fraction of sp³-hybridized carbons (Fsp3) is 0.421. The second-order valence-corrected chi connectivity index (χ2v) is 10.3. The molecule has 1 aromatic heterocycles. The molecule has 1 aromatic carbocycles. The standard InChI is InChI=1S/C19H21BF2N2O4S/c1-19(2)10-27-20(28-11-19)13-5-12(18-17(22)8-14(21)9-23-18)6-15(7-13)24-29(25,26)16-3-4-16/h5-9,16,24H,3-4,10-11H2,1-2H3. The molecule has 4 rings (SSSR count). The number of pyridine rings is 1. The normalized spacial score (nSPS) is 19.2. The molecule has 0 spiro atoms. The number of benzene rings is 1. The summed E-state index contributed by atoms with van der Waals surface area (Å²) in [5.41, 5.74) is 0.848. The van der Waals surface area contributed by atoms with Gasteiger partial charge in [-0.05, 0) is 30.4 Å². The Morgan fingerprint density at radius 2 is 1.83 bits per heavy atom. The van der Waals surface area contributed by atoms with Gasteiger partial charge in [-0.3, -0.25) is 9.71 Å². The van der Waals surface area contributed by atoms with E-state index in [1.54, 1.807) is 12.1 Å². The van der Waals surface area contributed by atoms with E-state index in [0.717, 1.165) is 12.3 Å². The van der Waals surface area contributed by atoms with Crippen molar-refractivity contribution in [3.05, 3.63) is 42.1 Å². The number of nitrogens with zero attached hydrogens (tertiary/aromatic N) is 1. The van der Waals surface area contributed by atoms with Crippen LogP contribution in [0.5, 0.6) is 0 Å². The van der Waals surface area contributed by atoms with Crippen LogP contribution in [0.2, 0.25) is 0 Å². The highest BCUT2D eigenvalue weighted by molar-refractivity contribution is 7.93. The summed E-state index contributed by atoms with van der Waals surface area (Å²) in [6, 6.07) is 5.42. The average molecular weight is 422 g/mol. The Hall–Kier alpha value is -2.04. The molecule has 0 bridgehead atoms. The number of aromatic nitrogens is 1. The third-order valence-electron chi connectivity index (χ3n) is 4.78. The smallest absolute Gasteiger partial charge is 0.407 e. The first-order valence-corrected chi connectivity index (χ1v) is 10.9. The average Bonchev–Trinajstić information content (AvgIpc) is 3.46. The van der Waals surface area contributed by atoms with Crippen LogP contribution in [-0.2, 0) is 19.3 Å². The molecule has 1 aliphatic heterocycles. The van der Waals surface area contributed by atoms with E-state index in [0.29, 0.717) is 37.1 Å². The Morgan fingerprint density at radius 3 is 2.45 bits per heavy atom. The molecule has 0 amide bonds. The molecular formula is C19H21BF2N2O4S. The van der Waals surface area contributed by atoms with Crippen LogP contribution in [0.4, 0.5) is 14.5 Å². The highest BCUT2D eigenvalue weighted by Crippen LogP contribution is 2.31. The molecule has 29 heavy (non-hydrogen) atoms. The predicted octanol–water partition coefficient (Wildman–Crippen LogP) is 2.70. The minimum absolute atomic E-state index is 0.0868. The van der Waals surface area contributed by atoms with Crippen molar-refractivity contribution in [2.24, 2.45) is 5.41 Å². The summed E-state index contributed by atoms with van der Waals surface area (Å²) in [5, 5.41) is -0.418. The maximum absolute atomic E-state index is 14.3. The van der Waals surface area contributed by atoms with Gasteiger partial charge in [0.15, 0.2) is 5.82 Å². The van der Waals surface area contributed by atoms with Gasteiger partial charge < -0.3 is 9.31 Å². The molecule has 10 heteroatoms. The van der Waals surface area contributed by atoms with E-state index in [1.165, 1.54) is 6.07 Å². The van der Waals surface area contributed by atoms with Crippen LogP contribution in [0, 0.1) is 17.0 Å². The van der Waals surface area contributed by atoms with Gasteiger partial charge in [-0.25, -0.2) is 17.2 Å². The molecule has 0 unspecified atom stereocenters. The quantitative estimate of drug-likeness (QED) is 0.750. The van der Waals surface area contributed by atoms with Gasteiger partial charge in [0.05, 0.1) is 11.4 Å². The zero-order valence-electron chi connectivity index (χ0n) is 16.1. The number of hydrogen-bond acceptors (Lipinski definition) is 5. The monoisotopic (exact) mass is 422 g/mol. The molecule has 2 aromatic rings.